The first-order chi connectivity index (χ1) is 12.2. The number of anilines is 1. The first-order valence-corrected chi connectivity index (χ1v) is 9.01. The molecular formula is C19H16BrN3O2. The topological polar surface area (TPSA) is 68.0 Å². The van der Waals surface area contributed by atoms with Crippen LogP contribution in [-0.2, 0) is 12.8 Å². The number of aryl methyl sites for hydroxylation is 2. The van der Waals surface area contributed by atoms with Gasteiger partial charge in [0, 0.05) is 15.6 Å². The monoisotopic (exact) mass is 397 g/mol. The number of fused-ring (bicyclic) bond motifs is 1. The van der Waals surface area contributed by atoms with E-state index in [0.717, 1.165) is 22.9 Å². The summed E-state index contributed by atoms with van der Waals surface area (Å²) in [4.78, 5) is 12.4. The first kappa shape index (κ1) is 16.0. The van der Waals surface area contributed by atoms with Crippen molar-refractivity contribution in [3.05, 3.63) is 63.6 Å². The summed E-state index contributed by atoms with van der Waals surface area (Å²) in [6.07, 6.45) is 4.65. The van der Waals surface area contributed by atoms with Gasteiger partial charge in [-0.3, -0.25) is 4.79 Å². The smallest absolute Gasteiger partial charge is 0.256 e. The number of nitrogens with one attached hydrogen (secondary N) is 1. The van der Waals surface area contributed by atoms with E-state index in [4.69, 9.17) is 4.63 Å². The van der Waals surface area contributed by atoms with Crippen LogP contribution in [0.2, 0.25) is 0 Å². The molecule has 0 saturated carbocycles. The van der Waals surface area contributed by atoms with Crippen LogP contribution >= 0.6 is 15.9 Å². The lowest BCUT2D eigenvalue weighted by molar-refractivity contribution is 0.102. The average molecular weight is 398 g/mol. The minimum absolute atomic E-state index is 0.248. The van der Waals surface area contributed by atoms with Gasteiger partial charge in [0.15, 0.2) is 5.69 Å². The van der Waals surface area contributed by atoms with Crippen LogP contribution in [0.5, 0.6) is 0 Å². The van der Waals surface area contributed by atoms with Gasteiger partial charge in [-0.05, 0) is 77.5 Å². The lowest BCUT2D eigenvalue weighted by atomic mass is 9.90. The Morgan fingerprint density at radius 2 is 1.76 bits per heavy atom. The van der Waals surface area contributed by atoms with Crippen LogP contribution < -0.4 is 5.32 Å². The molecule has 0 spiro atoms. The number of halogens is 1. The van der Waals surface area contributed by atoms with Crippen LogP contribution in [-0.4, -0.2) is 16.2 Å². The summed E-state index contributed by atoms with van der Waals surface area (Å²) in [5, 5.41) is 10.6. The Kier molecular flexibility index (Phi) is 4.36. The molecule has 1 N–H and O–H groups in total. The van der Waals surface area contributed by atoms with E-state index in [9.17, 15) is 4.79 Å². The molecule has 1 heterocycles. The van der Waals surface area contributed by atoms with Gasteiger partial charge in [0.05, 0.1) is 0 Å². The molecule has 0 aliphatic heterocycles. The van der Waals surface area contributed by atoms with E-state index < -0.39 is 0 Å². The molecule has 126 valence electrons. The number of aromatic nitrogens is 2. The van der Waals surface area contributed by atoms with Gasteiger partial charge < -0.3 is 5.32 Å². The summed E-state index contributed by atoms with van der Waals surface area (Å²) >= 11 is 3.36. The van der Waals surface area contributed by atoms with Crippen molar-refractivity contribution in [2.75, 3.05) is 5.32 Å². The average Bonchev–Trinajstić information content (AvgIpc) is 3.10. The molecule has 0 fully saturated rings. The van der Waals surface area contributed by atoms with Crippen LogP contribution in [0.4, 0.5) is 5.82 Å². The molecule has 5 nitrogen and oxygen atoms in total. The van der Waals surface area contributed by atoms with Crippen molar-refractivity contribution in [3.8, 4) is 11.3 Å². The molecule has 0 saturated heterocycles. The molecule has 0 bridgehead atoms. The highest BCUT2D eigenvalue weighted by atomic mass is 79.9. The zero-order valence-corrected chi connectivity index (χ0v) is 15.0. The summed E-state index contributed by atoms with van der Waals surface area (Å²) in [5.74, 6) is 0.0890. The summed E-state index contributed by atoms with van der Waals surface area (Å²) in [7, 11) is 0. The maximum absolute atomic E-state index is 12.4. The van der Waals surface area contributed by atoms with E-state index in [0.29, 0.717) is 17.1 Å². The predicted molar refractivity (Wildman–Crippen MR) is 98.5 cm³/mol. The van der Waals surface area contributed by atoms with Gasteiger partial charge in [-0.25, -0.2) is 4.63 Å². The molecule has 6 heteroatoms. The number of carbonyl (C=O) groups excluding carboxylic acids is 1. The molecule has 0 atom stereocenters. The summed E-state index contributed by atoms with van der Waals surface area (Å²) in [5.41, 5.74) is 4.75. The van der Waals surface area contributed by atoms with Gasteiger partial charge in [-0.1, -0.05) is 28.1 Å². The molecule has 0 unspecified atom stereocenters. The third-order valence-corrected chi connectivity index (χ3v) is 4.98. The number of amides is 1. The summed E-state index contributed by atoms with van der Waals surface area (Å²) < 4.78 is 5.80. The Bertz CT molecular complexity index is 919. The fourth-order valence-electron chi connectivity index (χ4n) is 3.12. The van der Waals surface area contributed by atoms with Gasteiger partial charge in [0.2, 0.25) is 5.82 Å². The maximum Gasteiger partial charge on any atom is 0.256 e. The highest BCUT2D eigenvalue weighted by Gasteiger charge is 2.18. The minimum atomic E-state index is -0.248. The molecule has 1 amide bonds. The van der Waals surface area contributed by atoms with Crippen molar-refractivity contribution in [3.63, 3.8) is 0 Å². The van der Waals surface area contributed by atoms with Crippen LogP contribution in [0.3, 0.4) is 0 Å². The minimum Gasteiger partial charge on any atom is -0.302 e. The fraction of sp³-hybridized carbons (Fsp3) is 0.211. The highest BCUT2D eigenvalue weighted by molar-refractivity contribution is 9.10. The molecule has 1 aromatic heterocycles. The van der Waals surface area contributed by atoms with E-state index in [-0.39, 0.29) is 5.91 Å². The molecule has 25 heavy (non-hydrogen) atoms. The van der Waals surface area contributed by atoms with Crippen molar-refractivity contribution < 1.29 is 9.42 Å². The highest BCUT2D eigenvalue weighted by Crippen LogP contribution is 2.30. The molecule has 4 rings (SSSR count). The molecule has 2 aromatic carbocycles. The Morgan fingerprint density at radius 1 is 1.00 bits per heavy atom. The predicted octanol–water partition coefficient (Wildman–Crippen LogP) is 4.63. The van der Waals surface area contributed by atoms with Crippen molar-refractivity contribution in [1.82, 2.24) is 10.3 Å². The largest absolute Gasteiger partial charge is 0.302 e. The fourth-order valence-corrected chi connectivity index (χ4v) is 3.39. The summed E-state index contributed by atoms with van der Waals surface area (Å²) in [6.45, 7) is 0. The molecular weight excluding hydrogens is 382 g/mol. The number of carbonyl (C=O) groups is 1. The number of rotatable bonds is 3. The van der Waals surface area contributed by atoms with E-state index in [1.165, 1.54) is 24.0 Å². The molecule has 3 aromatic rings. The number of hydrogen-bond acceptors (Lipinski definition) is 4. The van der Waals surface area contributed by atoms with Gasteiger partial charge in [-0.2, -0.15) is 0 Å². The second kappa shape index (κ2) is 6.80. The second-order valence-corrected chi connectivity index (χ2v) is 7.03. The van der Waals surface area contributed by atoms with E-state index >= 15 is 0 Å². The lowest BCUT2D eigenvalue weighted by Gasteiger charge is -2.16. The van der Waals surface area contributed by atoms with Crippen LogP contribution in [0.25, 0.3) is 11.3 Å². The van der Waals surface area contributed by atoms with Crippen LogP contribution in [0.15, 0.2) is 51.6 Å². The number of benzene rings is 2. The Labute approximate surface area is 153 Å². The van der Waals surface area contributed by atoms with Crippen molar-refractivity contribution in [2.45, 2.75) is 25.7 Å². The van der Waals surface area contributed by atoms with Crippen molar-refractivity contribution >= 4 is 27.7 Å². The van der Waals surface area contributed by atoms with E-state index in [1.54, 1.807) is 12.1 Å². The molecule has 1 aliphatic carbocycles. The van der Waals surface area contributed by atoms with E-state index in [1.807, 2.05) is 18.2 Å². The van der Waals surface area contributed by atoms with Crippen LogP contribution in [0.1, 0.15) is 34.3 Å². The maximum atomic E-state index is 12.4. The standard InChI is InChI=1S/C19H16BrN3O2/c20-16-9-7-13(8-10-16)19(24)21-18-17(22-25-23-18)15-6-5-12-3-1-2-4-14(12)11-15/h5-11H,1-4H2,(H,21,23,24). The van der Waals surface area contributed by atoms with E-state index in [2.05, 4.69) is 43.7 Å². The van der Waals surface area contributed by atoms with Gasteiger partial charge >= 0.3 is 0 Å². The third kappa shape index (κ3) is 3.35. The Balaban J connectivity index is 1.60. The molecule has 0 radical (unpaired) electrons. The number of hydrogen-bond donors (Lipinski definition) is 1. The first-order valence-electron chi connectivity index (χ1n) is 8.22. The van der Waals surface area contributed by atoms with Gasteiger partial charge in [0.1, 0.15) is 0 Å². The third-order valence-electron chi connectivity index (χ3n) is 4.45. The quantitative estimate of drug-likeness (QED) is 0.699. The van der Waals surface area contributed by atoms with Gasteiger partial charge in [-0.15, -0.1) is 0 Å². The zero-order chi connectivity index (χ0) is 17.2. The van der Waals surface area contributed by atoms with Gasteiger partial charge in [0.25, 0.3) is 5.91 Å². The molecule has 1 aliphatic rings. The SMILES string of the molecule is O=C(Nc1nonc1-c1ccc2c(c1)CCCC2)c1ccc(Br)cc1. The normalized spacial score (nSPS) is 13.3. The Morgan fingerprint density at radius 3 is 2.56 bits per heavy atom. The lowest BCUT2D eigenvalue weighted by Crippen LogP contribution is -2.12. The van der Waals surface area contributed by atoms with Crippen molar-refractivity contribution in [2.24, 2.45) is 0 Å². The van der Waals surface area contributed by atoms with Crippen LogP contribution in [0, 0.1) is 0 Å². The second-order valence-electron chi connectivity index (χ2n) is 6.11. The summed E-state index contributed by atoms with van der Waals surface area (Å²) in [6, 6.07) is 13.4. The number of nitrogens with zero attached hydrogens (tertiary/aromatic N) is 2. The Hall–Kier alpha value is -2.47. The zero-order valence-electron chi connectivity index (χ0n) is 13.5. The van der Waals surface area contributed by atoms with Crippen molar-refractivity contribution in [1.29, 1.82) is 0 Å².